The van der Waals surface area contributed by atoms with Crippen LogP contribution in [0.1, 0.15) is 15.9 Å². The first-order chi connectivity index (χ1) is 17.5. The molecule has 0 atom stereocenters. The summed E-state index contributed by atoms with van der Waals surface area (Å²) in [5, 5.41) is 11.9. The molecule has 5 rings (SSSR count). The molecule has 2 aromatic carbocycles. The number of H-pyrrole nitrogens is 1. The van der Waals surface area contributed by atoms with E-state index >= 15 is 0 Å². The molecular formula is C26H20FN5O3S. The Bertz CT molecular complexity index is 1530. The lowest BCUT2D eigenvalue weighted by molar-refractivity contribution is 0.102. The van der Waals surface area contributed by atoms with Crippen molar-refractivity contribution in [1.82, 2.24) is 15.3 Å². The van der Waals surface area contributed by atoms with E-state index in [0.29, 0.717) is 22.0 Å². The van der Waals surface area contributed by atoms with E-state index in [2.05, 4.69) is 25.9 Å². The SMILES string of the molecule is O=C(NCc1cccc(NC(=O)c2ccc(F)cc2)c1)Oc1sccc1Nc1ccnc2[nH]ccc12. The first kappa shape index (κ1) is 23.1. The van der Waals surface area contributed by atoms with E-state index in [-0.39, 0.29) is 12.5 Å². The number of anilines is 3. The van der Waals surface area contributed by atoms with Crippen LogP contribution in [0.25, 0.3) is 11.0 Å². The van der Waals surface area contributed by atoms with Crippen molar-refractivity contribution in [2.75, 3.05) is 10.6 Å². The number of ether oxygens (including phenoxy) is 1. The number of aromatic nitrogens is 2. The molecule has 0 saturated heterocycles. The number of thiophene rings is 1. The number of hydrogen-bond donors (Lipinski definition) is 4. The van der Waals surface area contributed by atoms with Gasteiger partial charge in [0.2, 0.25) is 5.06 Å². The molecule has 0 bridgehead atoms. The summed E-state index contributed by atoms with van der Waals surface area (Å²) < 4.78 is 18.6. The number of halogens is 1. The van der Waals surface area contributed by atoms with E-state index in [0.717, 1.165) is 22.3 Å². The molecule has 0 fully saturated rings. The fourth-order valence-electron chi connectivity index (χ4n) is 3.54. The molecule has 3 aromatic heterocycles. The standard InChI is InChI=1S/C26H20FN5O3S/c27-18-6-4-17(5-7-18)24(33)31-19-3-1-2-16(14-19)15-30-26(34)35-25-22(10-13-36-25)32-21-9-12-29-23-20(21)8-11-28-23/h1-14H,15H2,(H,30,34)(H,31,33)(H2,28,29,32). The molecule has 0 unspecified atom stereocenters. The van der Waals surface area contributed by atoms with Gasteiger partial charge in [0.15, 0.2) is 0 Å². The highest BCUT2D eigenvalue weighted by atomic mass is 32.1. The predicted molar refractivity (Wildman–Crippen MR) is 137 cm³/mol. The molecular weight excluding hydrogens is 481 g/mol. The van der Waals surface area contributed by atoms with Crippen LogP contribution in [0.2, 0.25) is 0 Å². The van der Waals surface area contributed by atoms with Crippen molar-refractivity contribution in [3.8, 4) is 5.06 Å². The molecule has 0 aliphatic carbocycles. The maximum atomic E-state index is 13.1. The summed E-state index contributed by atoms with van der Waals surface area (Å²) in [7, 11) is 0. The van der Waals surface area contributed by atoms with E-state index in [4.69, 9.17) is 4.74 Å². The van der Waals surface area contributed by atoms with Crippen molar-refractivity contribution in [1.29, 1.82) is 0 Å². The Morgan fingerprint density at radius 1 is 1.03 bits per heavy atom. The van der Waals surface area contributed by atoms with Crippen LogP contribution in [0.4, 0.5) is 26.2 Å². The molecule has 0 spiro atoms. The second-order valence-corrected chi connectivity index (χ2v) is 8.63. The van der Waals surface area contributed by atoms with Crippen LogP contribution in [0.15, 0.2) is 84.5 Å². The van der Waals surface area contributed by atoms with Crippen molar-refractivity contribution < 1.29 is 18.7 Å². The smallest absolute Gasteiger partial charge is 0.397 e. The molecule has 8 nitrogen and oxygen atoms in total. The molecule has 0 aliphatic heterocycles. The number of fused-ring (bicyclic) bond motifs is 1. The maximum absolute atomic E-state index is 13.1. The minimum absolute atomic E-state index is 0.196. The van der Waals surface area contributed by atoms with E-state index in [1.54, 1.807) is 24.4 Å². The Morgan fingerprint density at radius 3 is 2.75 bits per heavy atom. The third-order valence-corrected chi connectivity index (χ3v) is 6.06. The van der Waals surface area contributed by atoms with Gasteiger partial charge in [-0.2, -0.15) is 0 Å². The average molecular weight is 502 g/mol. The minimum Gasteiger partial charge on any atom is -0.397 e. The molecule has 4 N–H and O–H groups in total. The summed E-state index contributed by atoms with van der Waals surface area (Å²) in [6.07, 6.45) is 2.89. The monoisotopic (exact) mass is 501 g/mol. The van der Waals surface area contributed by atoms with Gasteiger partial charge in [-0.25, -0.2) is 14.2 Å². The third kappa shape index (κ3) is 5.34. The number of aromatic amines is 1. The van der Waals surface area contributed by atoms with E-state index in [9.17, 15) is 14.0 Å². The molecule has 10 heteroatoms. The zero-order chi connectivity index (χ0) is 24.9. The van der Waals surface area contributed by atoms with Gasteiger partial charge < -0.3 is 25.7 Å². The second-order valence-electron chi connectivity index (χ2n) is 7.75. The Hall–Kier alpha value is -4.70. The zero-order valence-electron chi connectivity index (χ0n) is 18.7. The van der Waals surface area contributed by atoms with Crippen molar-refractivity contribution in [2.24, 2.45) is 0 Å². The van der Waals surface area contributed by atoms with Gasteiger partial charge in [0.1, 0.15) is 11.5 Å². The number of amides is 2. The second kappa shape index (κ2) is 10.3. The minimum atomic E-state index is -0.609. The summed E-state index contributed by atoms with van der Waals surface area (Å²) in [4.78, 5) is 32.2. The molecule has 3 heterocycles. The summed E-state index contributed by atoms with van der Waals surface area (Å²) in [6.45, 7) is 0.196. The highest BCUT2D eigenvalue weighted by molar-refractivity contribution is 7.12. The Labute approximate surface area is 209 Å². The van der Waals surface area contributed by atoms with Gasteiger partial charge in [0.25, 0.3) is 5.91 Å². The highest BCUT2D eigenvalue weighted by Gasteiger charge is 2.13. The van der Waals surface area contributed by atoms with Crippen LogP contribution in [0.3, 0.4) is 0 Å². The lowest BCUT2D eigenvalue weighted by Gasteiger charge is -2.11. The number of nitrogens with one attached hydrogen (secondary N) is 4. The van der Waals surface area contributed by atoms with Gasteiger partial charge in [-0.1, -0.05) is 12.1 Å². The van der Waals surface area contributed by atoms with Crippen LogP contribution in [-0.4, -0.2) is 22.0 Å². The van der Waals surface area contributed by atoms with E-state index in [1.807, 2.05) is 35.8 Å². The number of hydrogen-bond acceptors (Lipinski definition) is 6. The van der Waals surface area contributed by atoms with Gasteiger partial charge in [0, 0.05) is 35.6 Å². The number of carbonyl (C=O) groups is 2. The van der Waals surface area contributed by atoms with Gasteiger partial charge in [-0.15, -0.1) is 11.3 Å². The topological polar surface area (TPSA) is 108 Å². The predicted octanol–water partition coefficient (Wildman–Crippen LogP) is 6.05. The Kier molecular flexibility index (Phi) is 6.59. The number of pyridine rings is 1. The molecule has 0 saturated carbocycles. The molecule has 0 radical (unpaired) electrons. The quantitative estimate of drug-likeness (QED) is 0.217. The van der Waals surface area contributed by atoms with Crippen LogP contribution >= 0.6 is 11.3 Å². The maximum Gasteiger partial charge on any atom is 0.413 e. The molecule has 36 heavy (non-hydrogen) atoms. The summed E-state index contributed by atoms with van der Waals surface area (Å²) in [5.41, 5.74) is 3.91. The van der Waals surface area contributed by atoms with Gasteiger partial charge in [-0.05, 0) is 65.5 Å². The highest BCUT2D eigenvalue weighted by Crippen LogP contribution is 2.35. The number of rotatable bonds is 7. The first-order valence-electron chi connectivity index (χ1n) is 10.9. The molecule has 2 amide bonds. The largest absolute Gasteiger partial charge is 0.413 e. The first-order valence-corrected chi connectivity index (χ1v) is 11.8. The number of benzene rings is 2. The van der Waals surface area contributed by atoms with Crippen LogP contribution in [0, 0.1) is 5.82 Å². The zero-order valence-corrected chi connectivity index (χ0v) is 19.6. The average Bonchev–Trinajstić information content (AvgIpc) is 3.53. The lowest BCUT2D eigenvalue weighted by Crippen LogP contribution is -2.26. The van der Waals surface area contributed by atoms with E-state index < -0.39 is 11.9 Å². The lowest BCUT2D eigenvalue weighted by atomic mass is 10.1. The normalized spacial score (nSPS) is 10.7. The van der Waals surface area contributed by atoms with Gasteiger partial charge >= 0.3 is 6.09 Å². The van der Waals surface area contributed by atoms with Gasteiger partial charge in [0.05, 0.1) is 11.4 Å². The summed E-state index contributed by atoms with van der Waals surface area (Å²) in [5.74, 6) is -0.768. The van der Waals surface area contributed by atoms with Crippen LogP contribution in [-0.2, 0) is 6.54 Å². The van der Waals surface area contributed by atoms with Crippen molar-refractivity contribution in [3.05, 3.63) is 101 Å². The van der Waals surface area contributed by atoms with Crippen LogP contribution < -0.4 is 20.7 Å². The van der Waals surface area contributed by atoms with E-state index in [1.165, 1.54) is 35.6 Å². The van der Waals surface area contributed by atoms with Crippen LogP contribution in [0.5, 0.6) is 5.06 Å². The van der Waals surface area contributed by atoms with Crippen molar-refractivity contribution in [3.63, 3.8) is 0 Å². The molecule has 5 aromatic rings. The van der Waals surface area contributed by atoms with Crippen molar-refractivity contribution in [2.45, 2.75) is 6.54 Å². The Morgan fingerprint density at radius 2 is 1.89 bits per heavy atom. The van der Waals surface area contributed by atoms with Crippen molar-refractivity contribution >= 4 is 51.4 Å². The molecule has 180 valence electrons. The fourth-order valence-corrected chi connectivity index (χ4v) is 4.24. The summed E-state index contributed by atoms with van der Waals surface area (Å²) in [6, 6.07) is 17.9. The Balaban J connectivity index is 1.18. The molecule has 0 aliphatic rings. The van der Waals surface area contributed by atoms with Gasteiger partial charge in [-0.3, -0.25) is 4.79 Å². The number of carbonyl (C=O) groups excluding carboxylic acids is 2. The third-order valence-electron chi connectivity index (χ3n) is 5.27. The fraction of sp³-hybridized carbons (Fsp3) is 0.0385. The summed E-state index contributed by atoms with van der Waals surface area (Å²) >= 11 is 1.29. The number of nitrogens with zero attached hydrogens (tertiary/aromatic N) is 1.